The zero-order valence-corrected chi connectivity index (χ0v) is 77.4. The minimum atomic E-state index is -4.42. The van der Waals surface area contributed by atoms with E-state index in [1.807, 2.05) is 92.7 Å². The predicted octanol–water partition coefficient (Wildman–Crippen LogP) is 19.6. The first-order valence-corrected chi connectivity index (χ1v) is 43.6. The van der Waals surface area contributed by atoms with Crippen LogP contribution in [-0.2, 0) is 55.8 Å². The molecule has 1 aliphatic heterocycles. The number of nitrogens with zero attached hydrogens (tertiary/aromatic N) is 8. The number of fused-ring (bicyclic) bond motifs is 1. The molecule has 0 unspecified atom stereocenters. The second kappa shape index (κ2) is 48.1. The smallest absolute Gasteiger partial charge is 0.395 e. The van der Waals surface area contributed by atoms with Gasteiger partial charge in [-0.1, -0.05) is 130 Å². The van der Waals surface area contributed by atoms with Crippen LogP contribution in [0.4, 0.5) is 84.5 Å². The standard InChI is InChI=1S/C31H26F3N5O2.C30H23F2N5O5.C24H23N5O3.C22H20N4O2/c1-4-29(40)38-24-7-5-6-21(14-24)15-28-35-17-26(18-36-28)39-30(41)27-16-25(13-8-19(27)2)37-20(3)22-9-11-23(12-10-22)31(32,33)34;1-3-27(38)35-20-6-4-5-18(11-20)12-26-33-15-22(16-34-26)37-29(40)23-14-21(9-7-17(23)2)36-28(39)19-8-10-24-25(13-19)42-30(31,32)41-24;1-4-23(31)28-18-7-5-6-17(10-18)11-22-25-13-20(14-26-22)29-24(32)21-12-19(27-16(3)30)9-8-15(21)2;1-3-21(27)25-17-9-6-8-16(11-17)12-20-23-13-18(14-24-20)26-22(28)19-10-5-4-7-15(19)2/h4-14,16-18,37H,1,3,15H2,2H3,(H,38,40)(H,39,41);3-11,13-16H,1,12H2,2H3,(H,35,38)(H,36,39)(H,37,40);4-10,12-14H,1,11H2,2-3H3,(H,27,30)(H,28,31)(H,29,32);3-11,13-14H,1,12H2,2H3,(H,25,27)(H,26,28). The molecule has 0 aliphatic carbocycles. The number of aromatic nitrogens is 8. The maximum Gasteiger partial charge on any atom is 0.586 e. The van der Waals surface area contributed by atoms with Crippen LogP contribution in [0, 0.1) is 27.7 Å². The Balaban J connectivity index is 0.000000172. The lowest BCUT2D eigenvalue weighted by Crippen LogP contribution is -2.25. The summed E-state index contributed by atoms with van der Waals surface area (Å²) in [6.45, 7) is 26.3. The normalized spacial score (nSPS) is 11.1. The quantitative estimate of drug-likeness (QED) is 0.0147. The molecule has 1 aliphatic rings. The van der Waals surface area contributed by atoms with Crippen molar-refractivity contribution in [1.82, 2.24) is 39.9 Å². The number of alkyl halides is 5. The average Bonchev–Trinajstić information content (AvgIpc) is 1.65. The van der Waals surface area contributed by atoms with Crippen LogP contribution in [0.15, 0.2) is 325 Å². The molecule has 15 rings (SSSR count). The third kappa shape index (κ3) is 30.7. The lowest BCUT2D eigenvalue weighted by atomic mass is 10.1. The number of nitrogens with one attached hydrogen (secondary N) is 11. The Kier molecular flexibility index (Phi) is 34.6. The average molecular weight is 1930 g/mol. The van der Waals surface area contributed by atoms with E-state index in [1.165, 1.54) is 98.7 Å². The number of carbonyl (C=O) groups excluding carboxylic acids is 10. The highest BCUT2D eigenvalue weighted by molar-refractivity contribution is 6.10. The molecule has 143 heavy (non-hydrogen) atoms. The maximum absolute atomic E-state index is 13.3. The van der Waals surface area contributed by atoms with E-state index < -0.39 is 29.8 Å². The summed E-state index contributed by atoms with van der Waals surface area (Å²) < 4.78 is 73.9. The number of rotatable bonds is 30. The van der Waals surface area contributed by atoms with E-state index in [1.54, 1.807) is 117 Å². The molecule has 11 N–H and O–H groups in total. The number of benzene rings is 10. The van der Waals surface area contributed by atoms with Gasteiger partial charge in [-0.25, -0.2) is 39.9 Å². The van der Waals surface area contributed by atoms with E-state index >= 15 is 0 Å². The Morgan fingerprint density at radius 1 is 0.308 bits per heavy atom. The summed E-state index contributed by atoms with van der Waals surface area (Å²) in [5.74, 6) is -1.53. The van der Waals surface area contributed by atoms with Gasteiger partial charge in [0.2, 0.25) is 29.5 Å². The molecule has 0 radical (unpaired) electrons. The largest absolute Gasteiger partial charge is 0.586 e. The van der Waals surface area contributed by atoms with Crippen LogP contribution in [0.1, 0.15) is 138 Å². The highest BCUT2D eigenvalue weighted by atomic mass is 19.4. The van der Waals surface area contributed by atoms with Gasteiger partial charge in [0.05, 0.1) is 77.9 Å². The van der Waals surface area contributed by atoms with Gasteiger partial charge in [-0.3, -0.25) is 47.9 Å². The van der Waals surface area contributed by atoms with Crippen LogP contribution in [-0.4, -0.2) is 105 Å². The number of hydrogen-bond acceptors (Lipinski definition) is 21. The second-order valence-electron chi connectivity index (χ2n) is 31.7. The summed E-state index contributed by atoms with van der Waals surface area (Å²) in [4.78, 5) is 156. The van der Waals surface area contributed by atoms with Gasteiger partial charge in [-0.05, 0) is 223 Å². The zero-order valence-electron chi connectivity index (χ0n) is 77.4. The number of ether oxygens (including phenoxy) is 2. The number of aryl methyl sites for hydroxylation is 4. The fourth-order valence-electron chi connectivity index (χ4n) is 13.6. The number of amides is 10. The van der Waals surface area contributed by atoms with Gasteiger partial charge >= 0.3 is 12.5 Å². The van der Waals surface area contributed by atoms with Gasteiger partial charge in [0, 0.05) is 106 Å². The Bertz CT molecular complexity index is 7170. The van der Waals surface area contributed by atoms with Gasteiger partial charge in [0.25, 0.3) is 29.5 Å². The van der Waals surface area contributed by atoms with Crippen molar-refractivity contribution in [2.75, 3.05) is 58.5 Å². The van der Waals surface area contributed by atoms with Crippen molar-refractivity contribution in [3.05, 3.63) is 432 Å². The molecular weight excluding hydrogens is 1840 g/mol. The van der Waals surface area contributed by atoms with Crippen LogP contribution < -0.4 is 68.0 Å². The fraction of sp³-hybridized carbons (Fsp3) is 0.103. The zero-order chi connectivity index (χ0) is 102. The van der Waals surface area contributed by atoms with Gasteiger partial charge in [0.1, 0.15) is 23.3 Å². The second-order valence-corrected chi connectivity index (χ2v) is 31.7. The van der Waals surface area contributed by atoms with E-state index in [2.05, 4.69) is 141 Å². The van der Waals surface area contributed by atoms with E-state index in [0.29, 0.717) is 156 Å². The van der Waals surface area contributed by atoms with Crippen LogP contribution in [0.25, 0.3) is 5.70 Å². The maximum atomic E-state index is 13.3. The predicted molar refractivity (Wildman–Crippen MR) is 536 cm³/mol. The summed E-state index contributed by atoms with van der Waals surface area (Å²) >= 11 is 0. The van der Waals surface area contributed by atoms with Crippen molar-refractivity contribution in [2.24, 2.45) is 0 Å². The van der Waals surface area contributed by atoms with Crippen LogP contribution in [0.5, 0.6) is 11.5 Å². The van der Waals surface area contributed by atoms with E-state index in [9.17, 15) is 69.9 Å². The molecule has 0 bridgehead atoms. The molecule has 4 aromatic heterocycles. The van der Waals surface area contributed by atoms with Crippen LogP contribution in [0.2, 0.25) is 0 Å². The third-order valence-corrected chi connectivity index (χ3v) is 20.8. The topological polar surface area (TPSA) is 425 Å². The molecule has 0 saturated heterocycles. The van der Waals surface area contributed by atoms with Gasteiger partial charge in [-0.15, -0.1) is 8.78 Å². The molecule has 36 heteroatoms. The molecule has 14 aromatic rings. The lowest BCUT2D eigenvalue weighted by Gasteiger charge is -2.14. The molecule has 0 fully saturated rings. The molecule has 0 atom stereocenters. The molecule has 31 nitrogen and oxygen atoms in total. The highest BCUT2D eigenvalue weighted by Crippen LogP contribution is 2.42. The Morgan fingerprint density at radius 2 is 0.601 bits per heavy atom. The minimum absolute atomic E-state index is 0.0621. The van der Waals surface area contributed by atoms with Crippen LogP contribution in [0.3, 0.4) is 0 Å². The van der Waals surface area contributed by atoms with Crippen molar-refractivity contribution in [1.29, 1.82) is 0 Å². The summed E-state index contributed by atoms with van der Waals surface area (Å²) in [5.41, 5.74) is 14.4. The Labute approximate surface area is 817 Å². The van der Waals surface area contributed by atoms with Crippen molar-refractivity contribution < 1.29 is 79.4 Å². The highest BCUT2D eigenvalue weighted by Gasteiger charge is 2.44. The van der Waals surface area contributed by atoms with Gasteiger partial charge in [0.15, 0.2) is 11.5 Å². The van der Waals surface area contributed by atoms with E-state index in [-0.39, 0.29) is 64.3 Å². The van der Waals surface area contributed by atoms with Gasteiger partial charge < -0.3 is 68.0 Å². The first-order valence-electron chi connectivity index (χ1n) is 43.6. The molecule has 722 valence electrons. The fourth-order valence-corrected chi connectivity index (χ4v) is 13.6. The summed E-state index contributed by atoms with van der Waals surface area (Å²) in [6, 6.07) is 60.1. The Hall–Kier alpha value is -19.0. The molecule has 10 amide bonds. The van der Waals surface area contributed by atoms with Crippen molar-refractivity contribution in [2.45, 2.75) is 72.8 Å². The number of carbonyl (C=O) groups is 10. The molecular formula is C107H92F5N19O12. The number of hydrogen-bond donors (Lipinski definition) is 11. The first kappa shape index (κ1) is 103. The number of anilines is 11. The Morgan fingerprint density at radius 3 is 0.930 bits per heavy atom. The van der Waals surface area contributed by atoms with Crippen molar-refractivity contribution >= 4 is 127 Å². The molecule has 0 saturated carbocycles. The van der Waals surface area contributed by atoms with E-state index in [0.717, 1.165) is 51.6 Å². The summed E-state index contributed by atoms with van der Waals surface area (Å²) in [5, 5.41) is 30.3. The van der Waals surface area contributed by atoms with Crippen molar-refractivity contribution in [3.8, 4) is 11.5 Å². The lowest BCUT2D eigenvalue weighted by molar-refractivity contribution is -0.286. The molecule has 5 heterocycles. The van der Waals surface area contributed by atoms with E-state index in [4.69, 9.17) is 0 Å². The summed E-state index contributed by atoms with van der Waals surface area (Å²) in [7, 11) is 0. The molecule has 0 spiro atoms. The van der Waals surface area contributed by atoms with Crippen LogP contribution >= 0.6 is 0 Å². The SMILES string of the molecule is C=CC(=O)Nc1cccc(Cc2ncc(NC(=O)c3cc(NC(=C)c4ccc(C(F)(F)F)cc4)ccc3C)cn2)c1.C=CC(=O)Nc1cccc(Cc2ncc(NC(=O)c3cc(NC(=O)c4ccc5c(c4)OC(F)(F)O5)ccc3C)cn2)c1.C=CC(=O)Nc1cccc(Cc2ncc(NC(=O)c3cc(NC(C)=O)ccc3C)cn2)c1.C=CC(=O)Nc1cccc(Cc2ncc(NC(=O)c3ccccc3C)cn2)c1. The molecule has 10 aromatic carbocycles. The van der Waals surface area contributed by atoms with Gasteiger partial charge in [-0.2, -0.15) is 13.2 Å². The van der Waals surface area contributed by atoms with Crippen molar-refractivity contribution in [3.63, 3.8) is 0 Å². The minimum Gasteiger partial charge on any atom is -0.395 e. The monoisotopic (exact) mass is 1930 g/mol. The number of halogens is 5. The first-order chi connectivity index (χ1) is 68.5. The third-order valence-electron chi connectivity index (χ3n) is 20.8. The summed E-state index contributed by atoms with van der Waals surface area (Å²) in [6.07, 6.45) is 10.6.